The van der Waals surface area contributed by atoms with Gasteiger partial charge in [-0.3, -0.25) is 4.79 Å². The van der Waals surface area contributed by atoms with E-state index in [9.17, 15) is 20.1 Å². The lowest BCUT2D eigenvalue weighted by Crippen LogP contribution is -2.19. The molecule has 4 aromatic rings. The van der Waals surface area contributed by atoms with Crippen LogP contribution in [0.25, 0.3) is 11.3 Å². The highest BCUT2D eigenvalue weighted by atomic mass is 16.3. The van der Waals surface area contributed by atoms with Crippen molar-refractivity contribution in [2.45, 2.75) is 19.3 Å². The number of amides is 1. The van der Waals surface area contributed by atoms with E-state index in [0.717, 1.165) is 16.7 Å². The third-order valence-corrected chi connectivity index (χ3v) is 5.30. The smallest absolute Gasteiger partial charge is 0.229 e. The van der Waals surface area contributed by atoms with Gasteiger partial charge in [-0.15, -0.1) is 0 Å². The minimum absolute atomic E-state index is 0.113. The largest absolute Gasteiger partial charge is 0.508 e. The molecular formula is C27H25N3O4. The Labute approximate surface area is 197 Å². The van der Waals surface area contributed by atoms with Gasteiger partial charge in [0.2, 0.25) is 5.91 Å². The fraction of sp³-hybridized carbons (Fsp3) is 0.148. The van der Waals surface area contributed by atoms with Gasteiger partial charge in [0.1, 0.15) is 11.5 Å². The summed E-state index contributed by atoms with van der Waals surface area (Å²) < 4.78 is 0. The number of nitrogens with zero attached hydrogens (tertiary/aromatic N) is 2. The fourth-order valence-electron chi connectivity index (χ4n) is 3.62. The van der Waals surface area contributed by atoms with E-state index < -0.39 is 0 Å². The second-order valence-electron chi connectivity index (χ2n) is 7.89. The lowest BCUT2D eigenvalue weighted by molar-refractivity contribution is -0.115. The van der Waals surface area contributed by atoms with Crippen LogP contribution in [0.15, 0.2) is 78.9 Å². The van der Waals surface area contributed by atoms with Gasteiger partial charge in [-0.1, -0.05) is 42.5 Å². The van der Waals surface area contributed by atoms with Crippen molar-refractivity contribution in [3.63, 3.8) is 0 Å². The average molecular weight is 456 g/mol. The number of rotatable bonds is 8. The molecule has 1 heterocycles. The zero-order valence-electron chi connectivity index (χ0n) is 18.5. The van der Waals surface area contributed by atoms with Crippen molar-refractivity contribution in [1.82, 2.24) is 9.97 Å². The first kappa shape index (κ1) is 22.9. The molecule has 4 rings (SSSR count). The molecule has 0 aliphatic rings. The normalized spacial score (nSPS) is 10.7. The van der Waals surface area contributed by atoms with E-state index >= 15 is 0 Å². The van der Waals surface area contributed by atoms with Crippen LogP contribution in [0.3, 0.4) is 0 Å². The summed E-state index contributed by atoms with van der Waals surface area (Å²) in [6.45, 7) is -0.126. The number of carbonyl (C=O) groups excluding carboxylic acids is 1. The number of aromatic nitrogens is 2. The summed E-state index contributed by atoms with van der Waals surface area (Å²) in [4.78, 5) is 22.4. The Morgan fingerprint density at radius 2 is 1.41 bits per heavy atom. The summed E-state index contributed by atoms with van der Waals surface area (Å²) in [5.74, 6) is 0.363. The molecule has 0 spiro atoms. The number of benzene rings is 3. The SMILES string of the molecule is O=C(Cc1ccc(O)cc1)Nc1nc(CCO)c(-c2ccc(O)cc2)nc1Cc1ccccc1. The highest BCUT2D eigenvalue weighted by Crippen LogP contribution is 2.27. The molecule has 7 nitrogen and oxygen atoms in total. The number of aromatic hydroxyl groups is 2. The van der Waals surface area contributed by atoms with Gasteiger partial charge in [-0.05, 0) is 47.5 Å². The summed E-state index contributed by atoms with van der Waals surface area (Å²) in [5, 5.41) is 31.6. The molecule has 172 valence electrons. The minimum atomic E-state index is -0.262. The molecule has 0 unspecified atom stereocenters. The number of aliphatic hydroxyl groups is 1. The number of phenols is 2. The van der Waals surface area contributed by atoms with Crippen LogP contribution in [-0.4, -0.2) is 37.8 Å². The second kappa shape index (κ2) is 10.6. The number of anilines is 1. The predicted molar refractivity (Wildman–Crippen MR) is 130 cm³/mol. The van der Waals surface area contributed by atoms with Crippen molar-refractivity contribution in [2.75, 3.05) is 11.9 Å². The molecule has 0 bridgehead atoms. The highest BCUT2D eigenvalue weighted by Gasteiger charge is 2.18. The molecule has 1 amide bonds. The van der Waals surface area contributed by atoms with Crippen molar-refractivity contribution >= 4 is 11.7 Å². The van der Waals surface area contributed by atoms with Crippen LogP contribution < -0.4 is 5.32 Å². The Morgan fingerprint density at radius 3 is 2.06 bits per heavy atom. The van der Waals surface area contributed by atoms with Crippen LogP contribution in [0.1, 0.15) is 22.5 Å². The zero-order valence-corrected chi connectivity index (χ0v) is 18.5. The highest BCUT2D eigenvalue weighted by molar-refractivity contribution is 5.92. The first-order chi connectivity index (χ1) is 16.5. The molecule has 3 aromatic carbocycles. The first-order valence-electron chi connectivity index (χ1n) is 10.9. The van der Waals surface area contributed by atoms with Crippen LogP contribution >= 0.6 is 0 Å². The van der Waals surface area contributed by atoms with Gasteiger partial charge in [0.25, 0.3) is 0 Å². The number of hydrogen-bond acceptors (Lipinski definition) is 6. The number of hydrogen-bond donors (Lipinski definition) is 4. The van der Waals surface area contributed by atoms with Gasteiger partial charge in [0.15, 0.2) is 5.82 Å². The predicted octanol–water partition coefficient (Wildman–Crippen LogP) is 3.86. The molecular weight excluding hydrogens is 430 g/mol. The van der Waals surface area contributed by atoms with E-state index in [1.54, 1.807) is 36.4 Å². The van der Waals surface area contributed by atoms with Crippen LogP contribution in [-0.2, 0) is 24.1 Å². The Kier molecular flexibility index (Phi) is 7.15. The van der Waals surface area contributed by atoms with E-state index in [2.05, 4.69) is 5.32 Å². The number of aliphatic hydroxyl groups excluding tert-OH is 1. The first-order valence-corrected chi connectivity index (χ1v) is 10.9. The van der Waals surface area contributed by atoms with Crippen LogP contribution in [0.5, 0.6) is 11.5 Å². The Hall–Kier alpha value is -4.23. The maximum atomic E-state index is 12.8. The molecule has 0 atom stereocenters. The quantitative estimate of drug-likeness (QED) is 0.321. The molecule has 4 N–H and O–H groups in total. The lowest BCUT2D eigenvalue weighted by atomic mass is 10.1. The van der Waals surface area contributed by atoms with Crippen molar-refractivity contribution < 1.29 is 20.1 Å². The maximum absolute atomic E-state index is 12.8. The van der Waals surface area contributed by atoms with Gasteiger partial charge < -0.3 is 20.6 Å². The second-order valence-corrected chi connectivity index (χ2v) is 7.89. The van der Waals surface area contributed by atoms with Crippen LogP contribution in [0.4, 0.5) is 5.82 Å². The van der Waals surface area contributed by atoms with E-state index in [1.807, 2.05) is 30.3 Å². The number of phenolic OH excluding ortho intramolecular Hbond substituents is 2. The average Bonchev–Trinajstić information content (AvgIpc) is 2.83. The lowest BCUT2D eigenvalue weighted by Gasteiger charge is -2.16. The minimum Gasteiger partial charge on any atom is -0.508 e. The van der Waals surface area contributed by atoms with Gasteiger partial charge in [0.05, 0.1) is 23.5 Å². The molecule has 34 heavy (non-hydrogen) atoms. The number of nitrogens with one attached hydrogen (secondary N) is 1. The standard InChI is InChI=1S/C27H25N3O4/c31-15-14-23-26(20-8-12-22(33)13-9-20)28-24(16-18-4-2-1-3-5-18)27(29-23)30-25(34)17-19-6-10-21(32)11-7-19/h1-13,31-33H,14-17H2,(H,29,30,34). The summed E-state index contributed by atoms with van der Waals surface area (Å²) in [7, 11) is 0. The summed E-state index contributed by atoms with van der Waals surface area (Å²) in [5.41, 5.74) is 4.25. The van der Waals surface area contributed by atoms with Gasteiger partial charge in [-0.25, -0.2) is 9.97 Å². The van der Waals surface area contributed by atoms with Crippen molar-refractivity contribution in [3.8, 4) is 22.8 Å². The Balaban J connectivity index is 1.71. The van der Waals surface area contributed by atoms with Crippen molar-refractivity contribution in [2.24, 2.45) is 0 Å². The van der Waals surface area contributed by atoms with Crippen molar-refractivity contribution in [3.05, 3.63) is 101 Å². The van der Waals surface area contributed by atoms with Crippen molar-refractivity contribution in [1.29, 1.82) is 0 Å². The third kappa shape index (κ3) is 5.76. The maximum Gasteiger partial charge on any atom is 0.229 e. The topological polar surface area (TPSA) is 116 Å². The van der Waals surface area contributed by atoms with E-state index in [0.29, 0.717) is 29.3 Å². The Morgan fingerprint density at radius 1 is 0.765 bits per heavy atom. The summed E-state index contributed by atoms with van der Waals surface area (Å²) in [6.07, 6.45) is 0.824. The van der Waals surface area contributed by atoms with Gasteiger partial charge >= 0.3 is 0 Å². The van der Waals surface area contributed by atoms with Crippen LogP contribution in [0.2, 0.25) is 0 Å². The van der Waals surface area contributed by atoms with E-state index in [4.69, 9.17) is 9.97 Å². The monoisotopic (exact) mass is 455 g/mol. The summed E-state index contributed by atoms with van der Waals surface area (Å²) >= 11 is 0. The molecule has 1 aromatic heterocycles. The number of carbonyl (C=O) groups is 1. The van der Waals surface area contributed by atoms with Gasteiger partial charge in [0, 0.05) is 25.0 Å². The Bertz CT molecular complexity index is 1260. The molecule has 0 aliphatic heterocycles. The van der Waals surface area contributed by atoms with Gasteiger partial charge in [-0.2, -0.15) is 0 Å². The molecule has 7 heteroatoms. The van der Waals surface area contributed by atoms with Crippen LogP contribution in [0, 0.1) is 0 Å². The molecule has 0 radical (unpaired) electrons. The zero-order chi connectivity index (χ0) is 23.9. The fourth-order valence-corrected chi connectivity index (χ4v) is 3.62. The summed E-state index contributed by atoms with van der Waals surface area (Å²) in [6, 6.07) is 22.9. The molecule has 0 aliphatic carbocycles. The van der Waals surface area contributed by atoms with E-state index in [-0.39, 0.29) is 36.9 Å². The molecule has 0 fully saturated rings. The van der Waals surface area contributed by atoms with E-state index in [1.165, 1.54) is 12.1 Å². The third-order valence-electron chi connectivity index (χ3n) is 5.30. The molecule has 0 saturated heterocycles. The molecule has 0 saturated carbocycles.